The van der Waals surface area contributed by atoms with Crippen LogP contribution < -0.4 is 5.32 Å². The molecule has 0 saturated carbocycles. The quantitative estimate of drug-likeness (QED) is 0.698. The minimum absolute atomic E-state index is 0.115. The SMILES string of the molecule is CCCC(CS(=O)(=O)CC(C)CC)NC. The summed E-state index contributed by atoms with van der Waals surface area (Å²) < 4.78 is 23.6. The molecule has 4 heteroatoms. The molecular formula is C11H25NO2S. The van der Waals surface area contributed by atoms with Crippen LogP contribution in [-0.4, -0.2) is 33.0 Å². The summed E-state index contributed by atoms with van der Waals surface area (Å²) in [6.07, 6.45) is 2.87. The molecule has 0 aromatic rings. The van der Waals surface area contributed by atoms with Crippen molar-refractivity contribution in [3.05, 3.63) is 0 Å². The van der Waals surface area contributed by atoms with Gasteiger partial charge in [0.2, 0.25) is 0 Å². The zero-order valence-electron chi connectivity index (χ0n) is 10.4. The minimum Gasteiger partial charge on any atom is -0.316 e. The third kappa shape index (κ3) is 6.90. The number of rotatable bonds is 8. The predicted octanol–water partition coefficient (Wildman–Crippen LogP) is 1.84. The smallest absolute Gasteiger partial charge is 0.152 e. The Hall–Kier alpha value is -0.0900. The number of hydrogen-bond donors (Lipinski definition) is 1. The van der Waals surface area contributed by atoms with Crippen molar-refractivity contribution in [3.63, 3.8) is 0 Å². The third-order valence-corrected chi connectivity index (χ3v) is 4.72. The molecule has 0 saturated heterocycles. The summed E-state index contributed by atoms with van der Waals surface area (Å²) >= 11 is 0. The Bertz CT molecular complexity index is 249. The second kappa shape index (κ2) is 7.23. The number of hydrogen-bond acceptors (Lipinski definition) is 3. The van der Waals surface area contributed by atoms with Gasteiger partial charge in [0.15, 0.2) is 9.84 Å². The first kappa shape index (κ1) is 14.9. The molecule has 0 aliphatic heterocycles. The Labute approximate surface area is 94.6 Å². The van der Waals surface area contributed by atoms with Gasteiger partial charge in [-0.1, -0.05) is 33.6 Å². The van der Waals surface area contributed by atoms with Gasteiger partial charge in [0, 0.05) is 6.04 Å². The highest BCUT2D eigenvalue weighted by Crippen LogP contribution is 2.08. The van der Waals surface area contributed by atoms with Gasteiger partial charge in [0.1, 0.15) is 0 Å². The van der Waals surface area contributed by atoms with Crippen LogP contribution in [0.2, 0.25) is 0 Å². The topological polar surface area (TPSA) is 46.2 Å². The molecule has 0 aromatic heterocycles. The maximum atomic E-state index is 11.8. The predicted molar refractivity (Wildman–Crippen MR) is 65.9 cm³/mol. The summed E-state index contributed by atoms with van der Waals surface area (Å²) in [5, 5.41) is 3.07. The average molecular weight is 235 g/mol. The van der Waals surface area contributed by atoms with Gasteiger partial charge in [-0.25, -0.2) is 8.42 Å². The van der Waals surface area contributed by atoms with Crippen LogP contribution in [0.3, 0.4) is 0 Å². The molecule has 0 radical (unpaired) electrons. The van der Waals surface area contributed by atoms with Crippen molar-refractivity contribution < 1.29 is 8.42 Å². The van der Waals surface area contributed by atoms with E-state index in [0.29, 0.717) is 5.75 Å². The molecule has 0 aliphatic rings. The van der Waals surface area contributed by atoms with Crippen LogP contribution in [0.25, 0.3) is 0 Å². The van der Waals surface area contributed by atoms with E-state index >= 15 is 0 Å². The van der Waals surface area contributed by atoms with Crippen molar-refractivity contribution in [2.24, 2.45) is 5.92 Å². The standard InChI is InChI=1S/C11H25NO2S/c1-5-7-11(12-4)9-15(13,14)8-10(3)6-2/h10-12H,5-9H2,1-4H3. The first-order valence-corrected chi connectivity index (χ1v) is 7.65. The fourth-order valence-electron chi connectivity index (χ4n) is 1.59. The molecule has 0 rings (SSSR count). The van der Waals surface area contributed by atoms with E-state index in [9.17, 15) is 8.42 Å². The lowest BCUT2D eigenvalue weighted by atomic mass is 10.2. The Morgan fingerprint density at radius 2 is 1.80 bits per heavy atom. The van der Waals surface area contributed by atoms with E-state index in [4.69, 9.17) is 0 Å². The van der Waals surface area contributed by atoms with Crippen LogP contribution >= 0.6 is 0 Å². The van der Waals surface area contributed by atoms with E-state index in [1.165, 1.54) is 0 Å². The molecule has 15 heavy (non-hydrogen) atoms. The van der Waals surface area contributed by atoms with Gasteiger partial charge in [-0.05, 0) is 19.4 Å². The summed E-state index contributed by atoms with van der Waals surface area (Å²) in [6, 6.07) is 0.115. The minimum atomic E-state index is -2.89. The normalized spacial score (nSPS) is 16.3. The van der Waals surface area contributed by atoms with Crippen LogP contribution in [-0.2, 0) is 9.84 Å². The first-order valence-electron chi connectivity index (χ1n) is 5.82. The Kier molecular flexibility index (Phi) is 7.18. The van der Waals surface area contributed by atoms with Crippen molar-refractivity contribution in [1.29, 1.82) is 0 Å². The van der Waals surface area contributed by atoms with E-state index in [-0.39, 0.29) is 17.7 Å². The maximum Gasteiger partial charge on any atom is 0.152 e. The Balaban J connectivity index is 4.22. The van der Waals surface area contributed by atoms with E-state index in [0.717, 1.165) is 19.3 Å². The molecule has 0 amide bonds. The van der Waals surface area contributed by atoms with E-state index in [2.05, 4.69) is 12.2 Å². The summed E-state index contributed by atoms with van der Waals surface area (Å²) in [5.74, 6) is 0.877. The Morgan fingerprint density at radius 1 is 1.20 bits per heavy atom. The zero-order valence-corrected chi connectivity index (χ0v) is 11.2. The zero-order chi connectivity index (χ0) is 11.9. The second-order valence-electron chi connectivity index (χ2n) is 4.36. The molecule has 0 heterocycles. The molecule has 0 bridgehead atoms. The highest BCUT2D eigenvalue weighted by molar-refractivity contribution is 7.91. The largest absolute Gasteiger partial charge is 0.316 e. The lowest BCUT2D eigenvalue weighted by Crippen LogP contribution is -2.34. The lowest BCUT2D eigenvalue weighted by molar-refractivity contribution is 0.525. The van der Waals surface area contributed by atoms with Crippen molar-refractivity contribution in [2.75, 3.05) is 18.6 Å². The van der Waals surface area contributed by atoms with Crippen LogP contribution in [0.5, 0.6) is 0 Å². The van der Waals surface area contributed by atoms with Gasteiger partial charge < -0.3 is 5.32 Å². The monoisotopic (exact) mass is 235 g/mol. The summed E-state index contributed by atoms with van der Waals surface area (Å²) in [5.41, 5.74) is 0. The van der Waals surface area contributed by atoms with Gasteiger partial charge in [-0.2, -0.15) is 0 Å². The molecule has 2 unspecified atom stereocenters. The fraction of sp³-hybridized carbons (Fsp3) is 1.00. The fourth-order valence-corrected chi connectivity index (χ4v) is 3.77. The summed E-state index contributed by atoms with van der Waals surface area (Å²) in [7, 11) is -1.06. The van der Waals surface area contributed by atoms with Crippen LogP contribution in [0.15, 0.2) is 0 Å². The molecule has 3 nitrogen and oxygen atoms in total. The molecule has 1 N–H and O–H groups in total. The van der Waals surface area contributed by atoms with Gasteiger partial charge >= 0.3 is 0 Å². The van der Waals surface area contributed by atoms with E-state index in [1.54, 1.807) is 0 Å². The molecule has 0 fully saturated rings. The van der Waals surface area contributed by atoms with Gasteiger partial charge in [-0.3, -0.25) is 0 Å². The summed E-state index contributed by atoms with van der Waals surface area (Å²) in [6.45, 7) is 6.10. The Morgan fingerprint density at radius 3 is 2.20 bits per heavy atom. The third-order valence-electron chi connectivity index (χ3n) is 2.74. The van der Waals surface area contributed by atoms with Crippen LogP contribution in [0.1, 0.15) is 40.0 Å². The lowest BCUT2D eigenvalue weighted by Gasteiger charge is -2.16. The second-order valence-corrected chi connectivity index (χ2v) is 6.52. The number of nitrogens with one attached hydrogen (secondary N) is 1. The van der Waals surface area contributed by atoms with E-state index in [1.807, 2.05) is 20.9 Å². The van der Waals surface area contributed by atoms with Crippen molar-refractivity contribution in [2.45, 2.75) is 46.1 Å². The van der Waals surface area contributed by atoms with Gasteiger partial charge in [0.25, 0.3) is 0 Å². The van der Waals surface area contributed by atoms with Crippen molar-refractivity contribution >= 4 is 9.84 Å². The highest BCUT2D eigenvalue weighted by Gasteiger charge is 2.19. The molecule has 0 spiro atoms. The molecule has 0 aromatic carbocycles. The molecule has 92 valence electrons. The van der Waals surface area contributed by atoms with Crippen LogP contribution in [0.4, 0.5) is 0 Å². The molecule has 0 aliphatic carbocycles. The van der Waals surface area contributed by atoms with Gasteiger partial charge in [-0.15, -0.1) is 0 Å². The molecular weight excluding hydrogens is 210 g/mol. The highest BCUT2D eigenvalue weighted by atomic mass is 32.2. The first-order chi connectivity index (χ1) is 6.95. The van der Waals surface area contributed by atoms with Gasteiger partial charge in [0.05, 0.1) is 11.5 Å². The van der Waals surface area contributed by atoms with Crippen LogP contribution in [0, 0.1) is 5.92 Å². The summed E-state index contributed by atoms with van der Waals surface area (Å²) in [4.78, 5) is 0. The number of sulfone groups is 1. The van der Waals surface area contributed by atoms with Crippen molar-refractivity contribution in [1.82, 2.24) is 5.32 Å². The van der Waals surface area contributed by atoms with Crippen molar-refractivity contribution in [3.8, 4) is 0 Å². The molecule has 2 atom stereocenters. The maximum absolute atomic E-state index is 11.8. The average Bonchev–Trinajstić information content (AvgIpc) is 2.15. The van der Waals surface area contributed by atoms with E-state index < -0.39 is 9.84 Å².